The van der Waals surface area contributed by atoms with E-state index in [0.29, 0.717) is 37.5 Å². The molecule has 1 fully saturated rings. The van der Waals surface area contributed by atoms with Gasteiger partial charge in [-0.3, -0.25) is 29.2 Å². The smallest absolute Gasteiger partial charge is 0.408 e. The highest BCUT2D eigenvalue weighted by atomic mass is 35.5. The molecule has 2 unspecified atom stereocenters. The molecule has 1 aromatic rings. The molecule has 3 amide bonds. The summed E-state index contributed by atoms with van der Waals surface area (Å²) in [6, 6.07) is 4.46. The van der Waals surface area contributed by atoms with E-state index in [1.165, 1.54) is 12.1 Å². The Hall–Kier alpha value is -1.64. The van der Waals surface area contributed by atoms with Crippen molar-refractivity contribution in [3.05, 3.63) is 33.8 Å². The van der Waals surface area contributed by atoms with Crippen molar-refractivity contribution in [1.29, 1.82) is 0 Å². The largest absolute Gasteiger partial charge is 0.544 e. The highest BCUT2D eigenvalue weighted by Crippen LogP contribution is 2.49. The van der Waals surface area contributed by atoms with Crippen LogP contribution in [0.5, 0.6) is 0 Å². The molecule has 42 heavy (non-hydrogen) atoms. The van der Waals surface area contributed by atoms with Gasteiger partial charge in [-0.2, -0.15) is 4.89 Å². The second-order valence-electron chi connectivity index (χ2n) is 10.00. The average Bonchev–Trinajstić information content (AvgIpc) is 2.87. The zero-order valence-corrected chi connectivity index (χ0v) is 26.5. The Bertz CT molecular complexity index is 1150. The molecule has 0 bridgehead atoms. The molecule has 1 aliphatic heterocycles. The number of rotatable bonds is 14. The first-order valence-corrected chi connectivity index (χ1v) is 16.9. The van der Waals surface area contributed by atoms with Crippen LogP contribution in [0.25, 0.3) is 0 Å². The molecule has 1 saturated heterocycles. The van der Waals surface area contributed by atoms with Crippen LogP contribution in [-0.4, -0.2) is 95.3 Å². The van der Waals surface area contributed by atoms with Gasteiger partial charge in [0, 0.05) is 37.7 Å². The van der Waals surface area contributed by atoms with Crippen LogP contribution in [0.1, 0.15) is 43.5 Å². The van der Waals surface area contributed by atoms with Crippen molar-refractivity contribution in [2.75, 3.05) is 39.4 Å². The lowest BCUT2D eigenvalue weighted by Crippen LogP contribution is -2.54. The van der Waals surface area contributed by atoms with Crippen molar-refractivity contribution < 1.29 is 47.5 Å². The Morgan fingerprint density at radius 2 is 1.76 bits per heavy atom. The van der Waals surface area contributed by atoms with Gasteiger partial charge in [0.15, 0.2) is 0 Å². The summed E-state index contributed by atoms with van der Waals surface area (Å²) >= 11 is 12.0. The van der Waals surface area contributed by atoms with Crippen molar-refractivity contribution in [2.24, 2.45) is 5.92 Å². The van der Waals surface area contributed by atoms with Crippen LogP contribution in [0.15, 0.2) is 18.2 Å². The first-order valence-electron chi connectivity index (χ1n) is 13.1. The third-order valence-electron chi connectivity index (χ3n) is 6.06. The van der Waals surface area contributed by atoms with Crippen LogP contribution in [0.4, 0.5) is 0 Å². The van der Waals surface area contributed by atoms with Crippen LogP contribution in [0.3, 0.4) is 0 Å². The van der Waals surface area contributed by atoms with E-state index in [0.717, 1.165) is 0 Å². The second kappa shape index (κ2) is 17.6. The number of carbonyl (C=O) groups is 3. The summed E-state index contributed by atoms with van der Waals surface area (Å²) in [5, 5.41) is 7.87. The summed E-state index contributed by atoms with van der Waals surface area (Å²) < 4.78 is 34.3. The first kappa shape index (κ1) is 36.6. The molecule has 3 atom stereocenters. The lowest BCUT2D eigenvalue weighted by Gasteiger charge is -2.31. The quantitative estimate of drug-likeness (QED) is 0.124. The third kappa shape index (κ3) is 12.9. The molecule has 0 spiro atoms. The number of nitrogens with zero attached hydrogens (tertiary/aromatic N) is 1. The Morgan fingerprint density at radius 1 is 1.12 bits per heavy atom. The van der Waals surface area contributed by atoms with Crippen molar-refractivity contribution in [3.8, 4) is 0 Å². The van der Waals surface area contributed by atoms with Crippen LogP contribution in [0, 0.1) is 5.92 Å². The van der Waals surface area contributed by atoms with E-state index < -0.39 is 51.9 Å². The molecule has 19 heteroatoms. The van der Waals surface area contributed by atoms with Crippen molar-refractivity contribution in [3.63, 3.8) is 0 Å². The molecule has 0 aromatic heterocycles. The zero-order chi connectivity index (χ0) is 31.4. The Morgan fingerprint density at radius 3 is 2.33 bits per heavy atom. The maximum absolute atomic E-state index is 12.7. The van der Waals surface area contributed by atoms with Gasteiger partial charge in [0.05, 0.1) is 23.1 Å². The maximum Gasteiger partial charge on any atom is 0.544 e. The number of carbonyl (C=O) groups excluding carboxylic acids is 3. The van der Waals surface area contributed by atoms with Gasteiger partial charge in [0.2, 0.25) is 11.8 Å². The lowest BCUT2D eigenvalue weighted by molar-refractivity contribution is -0.121. The third-order valence-corrected chi connectivity index (χ3v) is 9.43. The fourth-order valence-corrected chi connectivity index (χ4v) is 6.06. The van der Waals surface area contributed by atoms with Crippen molar-refractivity contribution >= 4 is 63.7 Å². The molecule has 14 nitrogen and oxygen atoms in total. The molecule has 0 aliphatic carbocycles. The number of hydrogen-bond donors (Lipinski definition) is 6. The van der Waals surface area contributed by atoms with Gasteiger partial charge >= 0.3 is 28.3 Å². The number of halogens is 2. The van der Waals surface area contributed by atoms with Gasteiger partial charge in [-0.1, -0.05) is 37.0 Å². The normalized spacial score (nSPS) is 16.7. The van der Waals surface area contributed by atoms with E-state index in [2.05, 4.69) is 10.6 Å². The molecule has 2 rings (SSSR count). The van der Waals surface area contributed by atoms with E-state index in [9.17, 15) is 23.5 Å². The summed E-state index contributed by atoms with van der Waals surface area (Å²) in [7, 11) is -9.00. The molecule has 1 aromatic carbocycles. The molecule has 0 radical (unpaired) electrons. The topological polar surface area (TPSA) is 204 Å². The minimum atomic E-state index is -4.98. The van der Waals surface area contributed by atoms with Crippen LogP contribution >= 0.6 is 38.8 Å². The number of benzene rings is 1. The standard InChI is InChI=1S/C23H35BCl2N4O10P2/c1-15(2)12-19(28-21(32)14-27-22(33)17-13-16(25)5-6-18(17)26)24-39-10-8-30(9-11-40-24)7-3-4-20(31)29-23(41(34)35)42(36,37)38/h5-6,13,15,19,23H,3-4,7-12,14H2,1-2H3,(H5-,27,28,29,31,32,33,34,35,36,37,38)/p+1/t19-,23?/m1/s1. The minimum absolute atomic E-state index is 0.108. The second-order valence-corrected chi connectivity index (χ2v) is 14.1. The Balaban J connectivity index is 1.82. The first-order chi connectivity index (χ1) is 19.7. The van der Waals surface area contributed by atoms with Crippen LogP contribution < -0.4 is 16.0 Å². The molecule has 1 aliphatic rings. The SMILES string of the molecule is CC(C)C[C@@H](NC(=O)CNC(=O)c1cc(Cl)ccc1Cl)B1OCCN(CCCC(=O)NC([P+](=O)O)P(=O)(O)O)CCO1. The Kier molecular flexibility index (Phi) is 15.3. The summed E-state index contributed by atoms with van der Waals surface area (Å²) in [4.78, 5) is 66.5. The number of amides is 3. The molecular formula is C23H36BCl2N4O10P2+. The van der Waals surface area contributed by atoms with Gasteiger partial charge in [0.1, 0.15) is 0 Å². The van der Waals surface area contributed by atoms with E-state index in [-0.39, 0.29) is 42.7 Å². The predicted octanol–water partition coefficient (Wildman–Crippen LogP) is 1.72. The van der Waals surface area contributed by atoms with Gasteiger partial charge in [-0.15, -0.1) is 0 Å². The summed E-state index contributed by atoms with van der Waals surface area (Å²) in [5.74, 6) is -2.02. The van der Waals surface area contributed by atoms with E-state index in [4.69, 9.17) is 47.2 Å². The average molecular weight is 672 g/mol. The monoisotopic (exact) mass is 671 g/mol. The fraction of sp³-hybridized carbons (Fsp3) is 0.609. The fourth-order valence-electron chi connectivity index (χ4n) is 4.09. The molecule has 1 heterocycles. The van der Waals surface area contributed by atoms with E-state index in [1.54, 1.807) is 6.07 Å². The highest BCUT2D eigenvalue weighted by Gasteiger charge is 2.46. The predicted molar refractivity (Wildman–Crippen MR) is 157 cm³/mol. The van der Waals surface area contributed by atoms with Crippen molar-refractivity contribution in [1.82, 2.24) is 20.9 Å². The lowest BCUT2D eigenvalue weighted by atomic mass is 9.73. The maximum atomic E-state index is 12.7. The van der Waals surface area contributed by atoms with Crippen molar-refractivity contribution in [2.45, 2.75) is 44.6 Å². The Labute approximate surface area is 255 Å². The van der Waals surface area contributed by atoms with Gasteiger partial charge in [0.25, 0.3) is 5.91 Å². The molecule has 6 N–H and O–H groups in total. The zero-order valence-electron chi connectivity index (χ0n) is 23.2. The number of nitrogens with one attached hydrogen (secondary N) is 3. The summed E-state index contributed by atoms with van der Waals surface area (Å²) in [5.41, 5.74) is -1.99. The molecule has 234 valence electrons. The van der Waals surface area contributed by atoms with Gasteiger partial charge in [-0.25, -0.2) is 0 Å². The van der Waals surface area contributed by atoms with Crippen LogP contribution in [0.2, 0.25) is 10.0 Å². The summed E-state index contributed by atoms with van der Waals surface area (Å²) in [6.07, 6.45) is 0.769. The van der Waals surface area contributed by atoms with E-state index >= 15 is 0 Å². The minimum Gasteiger partial charge on any atom is -0.408 e. The van der Waals surface area contributed by atoms with Gasteiger partial charge in [-0.05, 0) is 48.1 Å². The van der Waals surface area contributed by atoms with Crippen LogP contribution in [-0.2, 0) is 28.0 Å². The molecule has 0 saturated carbocycles. The molecular weight excluding hydrogens is 636 g/mol. The highest BCUT2D eigenvalue weighted by molar-refractivity contribution is 7.65. The van der Waals surface area contributed by atoms with E-state index in [1.807, 2.05) is 24.1 Å². The summed E-state index contributed by atoms with van der Waals surface area (Å²) in [6.45, 7) is 5.63. The number of hydrogen-bond acceptors (Lipinski definition) is 8. The van der Waals surface area contributed by atoms with Gasteiger partial charge < -0.3 is 29.7 Å².